The molecule has 0 amide bonds. The van der Waals surface area contributed by atoms with Crippen molar-refractivity contribution in [3.8, 4) is 23.0 Å². The molecule has 204 valence electrons. The first-order valence-corrected chi connectivity index (χ1v) is 12.0. The highest BCUT2D eigenvalue weighted by molar-refractivity contribution is 5.54. The van der Waals surface area contributed by atoms with Gasteiger partial charge in [-0.15, -0.1) is 0 Å². The number of aliphatic hydroxyl groups excluding tert-OH is 6. The van der Waals surface area contributed by atoms with E-state index in [-0.39, 0.29) is 42.3 Å². The van der Waals surface area contributed by atoms with Crippen LogP contribution in [0.1, 0.15) is 22.6 Å². The van der Waals surface area contributed by atoms with Crippen LogP contribution in [0.5, 0.6) is 23.0 Å². The van der Waals surface area contributed by atoms with Gasteiger partial charge >= 0.3 is 0 Å². The standard InChI is InChI=1S/C26H34O11/c1-34-19-7-13-5-14(9-27)16(10-28)22(15(13)8-17(19)30)12-3-4-18(20(6-12)35-2)36-26-25(33)24(32)23(31)21(11-29)37-26/h3-4,6-8,14,16,21-33H,5,9-11H2,1-2H3/t14-,16-,21+,22-,23+,24-,25+,26+/m0/s1. The van der Waals surface area contributed by atoms with E-state index in [2.05, 4.69) is 0 Å². The second-order valence-electron chi connectivity index (χ2n) is 9.42. The lowest BCUT2D eigenvalue weighted by atomic mass is 9.67. The molecule has 2 aromatic rings. The van der Waals surface area contributed by atoms with Gasteiger partial charge in [0, 0.05) is 19.1 Å². The Morgan fingerprint density at radius 3 is 2.19 bits per heavy atom. The fourth-order valence-electron chi connectivity index (χ4n) is 5.34. The molecule has 1 fully saturated rings. The highest BCUT2D eigenvalue weighted by atomic mass is 16.7. The molecule has 0 bridgehead atoms. The Balaban J connectivity index is 1.71. The van der Waals surface area contributed by atoms with Gasteiger partial charge in [-0.05, 0) is 59.2 Å². The zero-order valence-corrected chi connectivity index (χ0v) is 20.6. The number of phenolic OH excluding ortho intramolecular Hbond substituents is 1. The summed E-state index contributed by atoms with van der Waals surface area (Å²) in [7, 11) is 2.88. The van der Waals surface area contributed by atoms with E-state index in [1.165, 1.54) is 14.2 Å². The van der Waals surface area contributed by atoms with Gasteiger partial charge in [-0.1, -0.05) is 6.07 Å². The molecule has 2 aromatic carbocycles. The first-order valence-electron chi connectivity index (χ1n) is 12.0. The quantitative estimate of drug-likeness (QED) is 0.238. The Labute approximate surface area is 214 Å². The van der Waals surface area contributed by atoms with E-state index in [1.54, 1.807) is 30.3 Å². The zero-order valence-electron chi connectivity index (χ0n) is 20.6. The smallest absolute Gasteiger partial charge is 0.229 e. The van der Waals surface area contributed by atoms with Crippen LogP contribution in [0.25, 0.3) is 0 Å². The molecule has 1 aliphatic carbocycles. The summed E-state index contributed by atoms with van der Waals surface area (Å²) in [5.41, 5.74) is 2.39. The number of benzene rings is 2. The van der Waals surface area contributed by atoms with Crippen LogP contribution in [-0.4, -0.2) is 100 Å². The molecule has 7 N–H and O–H groups in total. The highest BCUT2D eigenvalue weighted by Gasteiger charge is 2.45. The zero-order chi connectivity index (χ0) is 26.9. The van der Waals surface area contributed by atoms with Gasteiger partial charge < -0.3 is 54.7 Å². The molecule has 0 unspecified atom stereocenters. The molecular formula is C26H34O11. The van der Waals surface area contributed by atoms with Crippen LogP contribution in [-0.2, 0) is 11.2 Å². The maximum absolute atomic E-state index is 10.5. The lowest BCUT2D eigenvalue weighted by molar-refractivity contribution is -0.277. The minimum absolute atomic E-state index is 0.0417. The van der Waals surface area contributed by atoms with E-state index in [4.69, 9.17) is 18.9 Å². The summed E-state index contributed by atoms with van der Waals surface area (Å²) in [6.07, 6.45) is -6.71. The molecular weight excluding hydrogens is 488 g/mol. The van der Waals surface area contributed by atoms with Crippen molar-refractivity contribution in [2.45, 2.75) is 43.0 Å². The van der Waals surface area contributed by atoms with E-state index >= 15 is 0 Å². The van der Waals surface area contributed by atoms with Gasteiger partial charge in [0.15, 0.2) is 23.0 Å². The lowest BCUT2D eigenvalue weighted by Crippen LogP contribution is -2.60. The van der Waals surface area contributed by atoms with Crippen LogP contribution in [0.3, 0.4) is 0 Å². The fourth-order valence-corrected chi connectivity index (χ4v) is 5.34. The van der Waals surface area contributed by atoms with Gasteiger partial charge in [0.1, 0.15) is 24.4 Å². The average molecular weight is 523 g/mol. The Kier molecular flexibility index (Phi) is 8.44. The van der Waals surface area contributed by atoms with Gasteiger partial charge in [0.2, 0.25) is 6.29 Å². The summed E-state index contributed by atoms with van der Waals surface area (Å²) < 4.78 is 22.0. The first-order chi connectivity index (χ1) is 17.8. The molecule has 11 heteroatoms. The third kappa shape index (κ3) is 5.08. The summed E-state index contributed by atoms with van der Waals surface area (Å²) in [5, 5.41) is 70.7. The Bertz CT molecular complexity index is 1070. The van der Waals surface area contributed by atoms with E-state index in [9.17, 15) is 35.7 Å². The SMILES string of the molecule is COc1cc2c(cc1O)[C@H](c1ccc(O[C@@H]3O[C@H](CO)[C@@H](O)[C@H](O)[C@H]3O)c(OC)c1)[C@@H](CO)[C@H](CO)C2. The number of rotatable bonds is 8. The second kappa shape index (κ2) is 11.4. The van der Waals surface area contributed by atoms with Crippen molar-refractivity contribution in [3.05, 3.63) is 47.0 Å². The number of fused-ring (bicyclic) bond motifs is 1. The summed E-state index contributed by atoms with van der Waals surface area (Å²) in [6.45, 7) is -0.929. The number of aliphatic hydroxyl groups is 6. The molecule has 0 aromatic heterocycles. The number of ether oxygens (including phenoxy) is 4. The highest BCUT2D eigenvalue weighted by Crippen LogP contribution is 2.48. The van der Waals surface area contributed by atoms with E-state index < -0.39 is 43.2 Å². The van der Waals surface area contributed by atoms with E-state index in [0.29, 0.717) is 12.2 Å². The van der Waals surface area contributed by atoms with Crippen molar-refractivity contribution in [1.82, 2.24) is 0 Å². The molecule has 4 rings (SSSR count). The minimum atomic E-state index is -1.59. The third-order valence-corrected chi connectivity index (χ3v) is 7.38. The Morgan fingerprint density at radius 2 is 1.57 bits per heavy atom. The van der Waals surface area contributed by atoms with Crippen LogP contribution in [0.2, 0.25) is 0 Å². The molecule has 2 aliphatic rings. The number of hydrogen-bond acceptors (Lipinski definition) is 11. The predicted octanol–water partition coefficient (Wildman–Crippen LogP) is -0.507. The van der Waals surface area contributed by atoms with Gasteiger partial charge in [-0.3, -0.25) is 0 Å². The molecule has 0 spiro atoms. The Hall–Kier alpha value is -2.64. The Morgan fingerprint density at radius 1 is 0.838 bits per heavy atom. The maximum Gasteiger partial charge on any atom is 0.229 e. The largest absolute Gasteiger partial charge is 0.504 e. The van der Waals surface area contributed by atoms with E-state index in [0.717, 1.165) is 16.7 Å². The fraction of sp³-hybridized carbons (Fsp3) is 0.538. The summed E-state index contributed by atoms with van der Waals surface area (Å²) >= 11 is 0. The van der Waals surface area contributed by atoms with Crippen LogP contribution in [0.15, 0.2) is 30.3 Å². The van der Waals surface area contributed by atoms with Crippen LogP contribution in [0.4, 0.5) is 0 Å². The maximum atomic E-state index is 10.5. The number of methoxy groups -OCH3 is 2. The first kappa shape index (κ1) is 27.4. The lowest BCUT2D eigenvalue weighted by Gasteiger charge is -2.40. The summed E-state index contributed by atoms with van der Waals surface area (Å²) in [6, 6.07) is 8.36. The van der Waals surface area contributed by atoms with Crippen molar-refractivity contribution in [2.75, 3.05) is 34.0 Å². The van der Waals surface area contributed by atoms with Crippen LogP contribution in [0, 0.1) is 11.8 Å². The number of phenols is 1. The number of hydrogen-bond donors (Lipinski definition) is 7. The molecule has 0 saturated carbocycles. The molecule has 0 radical (unpaired) electrons. The van der Waals surface area contributed by atoms with Gasteiger partial charge in [-0.25, -0.2) is 0 Å². The molecule has 8 atom stereocenters. The summed E-state index contributed by atoms with van der Waals surface area (Å²) in [5.74, 6) is -0.296. The predicted molar refractivity (Wildman–Crippen MR) is 129 cm³/mol. The van der Waals surface area contributed by atoms with Gasteiger partial charge in [0.25, 0.3) is 0 Å². The van der Waals surface area contributed by atoms with Crippen molar-refractivity contribution in [3.63, 3.8) is 0 Å². The topological polar surface area (TPSA) is 179 Å². The van der Waals surface area contributed by atoms with Crippen molar-refractivity contribution in [1.29, 1.82) is 0 Å². The van der Waals surface area contributed by atoms with Crippen molar-refractivity contribution < 1.29 is 54.7 Å². The molecule has 1 aliphatic heterocycles. The van der Waals surface area contributed by atoms with Gasteiger partial charge in [-0.2, -0.15) is 0 Å². The molecule has 1 saturated heterocycles. The minimum Gasteiger partial charge on any atom is -0.504 e. The second-order valence-corrected chi connectivity index (χ2v) is 9.42. The van der Waals surface area contributed by atoms with E-state index in [1.807, 2.05) is 0 Å². The van der Waals surface area contributed by atoms with Crippen LogP contribution < -0.4 is 14.2 Å². The average Bonchev–Trinajstić information content (AvgIpc) is 2.92. The van der Waals surface area contributed by atoms with Gasteiger partial charge in [0.05, 0.1) is 20.8 Å². The molecule has 1 heterocycles. The van der Waals surface area contributed by atoms with Crippen molar-refractivity contribution in [2.24, 2.45) is 11.8 Å². The summed E-state index contributed by atoms with van der Waals surface area (Å²) in [4.78, 5) is 0. The molecule has 11 nitrogen and oxygen atoms in total. The monoisotopic (exact) mass is 522 g/mol. The van der Waals surface area contributed by atoms with Crippen LogP contribution >= 0.6 is 0 Å². The van der Waals surface area contributed by atoms with Crippen molar-refractivity contribution >= 4 is 0 Å². The molecule has 37 heavy (non-hydrogen) atoms. The third-order valence-electron chi connectivity index (χ3n) is 7.38. The number of aromatic hydroxyl groups is 1. The normalized spacial score (nSPS) is 31.5.